The standard InChI is InChI=1S/C25H27N7O3/c1-5-33-22-14-19(30-35-22)24-28-27-23-18(25(2,3)4)13-21(29-32(23)24)34-16-20-26-11-12-31(20)15-17-9-7-6-8-10-17/h6-14H,5,15-16H2,1-4H3. The smallest absolute Gasteiger partial charge is 0.311 e. The second-order valence-electron chi connectivity index (χ2n) is 9.12. The first-order chi connectivity index (χ1) is 16.9. The highest BCUT2D eigenvalue weighted by molar-refractivity contribution is 5.59. The SMILES string of the molecule is CCOc1cc(-c2nnc3c(C(C)(C)C)cc(OCc4nccn4Cc4ccccc4)nn23)no1. The van der Waals surface area contributed by atoms with E-state index in [9.17, 15) is 0 Å². The number of benzene rings is 1. The molecule has 0 fully saturated rings. The molecule has 35 heavy (non-hydrogen) atoms. The molecule has 4 heterocycles. The summed E-state index contributed by atoms with van der Waals surface area (Å²) in [5.74, 6) is 1.99. The van der Waals surface area contributed by atoms with Gasteiger partial charge in [-0.25, -0.2) is 4.98 Å². The summed E-state index contributed by atoms with van der Waals surface area (Å²) in [5, 5.41) is 17.4. The van der Waals surface area contributed by atoms with Crippen LogP contribution in [-0.2, 0) is 18.6 Å². The zero-order chi connectivity index (χ0) is 24.4. The van der Waals surface area contributed by atoms with Gasteiger partial charge in [0.25, 0.3) is 0 Å². The molecule has 0 saturated heterocycles. The van der Waals surface area contributed by atoms with Crippen LogP contribution in [0.1, 0.15) is 44.6 Å². The first kappa shape index (κ1) is 22.6. The largest absolute Gasteiger partial charge is 0.468 e. The summed E-state index contributed by atoms with van der Waals surface area (Å²) in [6.45, 7) is 9.64. The second kappa shape index (κ2) is 9.21. The molecule has 0 atom stereocenters. The fraction of sp³-hybridized carbons (Fsp3) is 0.320. The maximum absolute atomic E-state index is 6.14. The Bertz CT molecular complexity index is 1430. The lowest BCUT2D eigenvalue weighted by Crippen LogP contribution is -2.16. The van der Waals surface area contributed by atoms with Gasteiger partial charge in [-0.2, -0.15) is 4.52 Å². The van der Waals surface area contributed by atoms with E-state index in [0.29, 0.717) is 42.1 Å². The highest BCUT2D eigenvalue weighted by Gasteiger charge is 2.25. The monoisotopic (exact) mass is 473 g/mol. The van der Waals surface area contributed by atoms with Crippen LogP contribution in [0.5, 0.6) is 11.8 Å². The van der Waals surface area contributed by atoms with E-state index in [1.54, 1.807) is 16.8 Å². The van der Waals surface area contributed by atoms with Gasteiger partial charge in [-0.05, 0) is 17.9 Å². The third kappa shape index (κ3) is 4.72. The molecule has 10 nitrogen and oxygen atoms in total. The molecular weight excluding hydrogens is 446 g/mol. The molecule has 10 heteroatoms. The molecule has 0 spiro atoms. The van der Waals surface area contributed by atoms with Gasteiger partial charge in [-0.15, -0.1) is 15.3 Å². The molecule has 0 bridgehead atoms. The van der Waals surface area contributed by atoms with Gasteiger partial charge in [0.2, 0.25) is 11.7 Å². The van der Waals surface area contributed by atoms with Crippen molar-refractivity contribution in [3.63, 3.8) is 0 Å². The third-order valence-corrected chi connectivity index (χ3v) is 5.51. The summed E-state index contributed by atoms with van der Waals surface area (Å²) in [5.41, 5.74) is 3.02. The Balaban J connectivity index is 1.46. The summed E-state index contributed by atoms with van der Waals surface area (Å²) in [7, 11) is 0. The summed E-state index contributed by atoms with van der Waals surface area (Å²) in [6, 6.07) is 13.8. The molecule has 0 aliphatic rings. The summed E-state index contributed by atoms with van der Waals surface area (Å²) in [4.78, 5) is 4.48. The lowest BCUT2D eigenvalue weighted by molar-refractivity contribution is 0.226. The van der Waals surface area contributed by atoms with E-state index in [1.807, 2.05) is 37.4 Å². The molecular formula is C25H27N7O3. The molecule has 5 aromatic rings. The minimum atomic E-state index is -0.224. The fourth-order valence-corrected chi connectivity index (χ4v) is 3.76. The normalized spacial score (nSPS) is 11.8. The number of aromatic nitrogens is 7. The molecule has 0 amide bonds. The molecule has 0 radical (unpaired) electrons. The number of ether oxygens (including phenoxy) is 2. The molecule has 4 aromatic heterocycles. The van der Waals surface area contributed by atoms with Gasteiger partial charge in [-0.1, -0.05) is 56.3 Å². The van der Waals surface area contributed by atoms with Crippen molar-refractivity contribution in [1.82, 2.24) is 34.5 Å². The van der Waals surface area contributed by atoms with Crippen LogP contribution >= 0.6 is 0 Å². The van der Waals surface area contributed by atoms with Gasteiger partial charge < -0.3 is 18.6 Å². The second-order valence-corrected chi connectivity index (χ2v) is 9.12. The summed E-state index contributed by atoms with van der Waals surface area (Å²) < 4.78 is 20.5. The molecule has 0 aliphatic carbocycles. The van der Waals surface area contributed by atoms with Crippen molar-refractivity contribution >= 4 is 5.65 Å². The first-order valence-electron chi connectivity index (χ1n) is 11.5. The maximum Gasteiger partial charge on any atom is 0.311 e. The van der Waals surface area contributed by atoms with Gasteiger partial charge in [0.1, 0.15) is 12.4 Å². The Hall–Kier alpha value is -4.21. The Labute approximate surface area is 202 Å². The van der Waals surface area contributed by atoms with Crippen LogP contribution in [0.25, 0.3) is 17.2 Å². The number of imidazole rings is 1. The highest BCUT2D eigenvalue weighted by atomic mass is 16.6. The van der Waals surface area contributed by atoms with Gasteiger partial charge in [0.15, 0.2) is 11.3 Å². The van der Waals surface area contributed by atoms with Crippen molar-refractivity contribution in [1.29, 1.82) is 0 Å². The molecule has 0 aliphatic heterocycles. The van der Waals surface area contributed by atoms with Crippen molar-refractivity contribution in [2.75, 3.05) is 6.61 Å². The van der Waals surface area contributed by atoms with Crippen molar-refractivity contribution < 1.29 is 14.0 Å². The predicted molar refractivity (Wildman–Crippen MR) is 128 cm³/mol. The zero-order valence-corrected chi connectivity index (χ0v) is 20.2. The van der Waals surface area contributed by atoms with Crippen LogP contribution in [0, 0.1) is 0 Å². The van der Waals surface area contributed by atoms with Crippen LogP contribution in [0.2, 0.25) is 0 Å². The van der Waals surface area contributed by atoms with E-state index in [1.165, 1.54) is 5.56 Å². The minimum absolute atomic E-state index is 0.224. The van der Waals surface area contributed by atoms with Crippen molar-refractivity contribution in [2.45, 2.75) is 46.3 Å². The van der Waals surface area contributed by atoms with Crippen molar-refractivity contribution in [3.05, 3.63) is 71.8 Å². The van der Waals surface area contributed by atoms with E-state index in [0.717, 1.165) is 11.4 Å². The Morgan fingerprint density at radius 2 is 1.86 bits per heavy atom. The van der Waals surface area contributed by atoms with Gasteiger partial charge >= 0.3 is 5.95 Å². The average molecular weight is 474 g/mol. The van der Waals surface area contributed by atoms with Crippen LogP contribution in [-0.4, -0.2) is 41.1 Å². The first-order valence-corrected chi connectivity index (χ1v) is 11.5. The van der Waals surface area contributed by atoms with Gasteiger partial charge in [-0.3, -0.25) is 0 Å². The molecule has 0 unspecified atom stereocenters. The highest BCUT2D eigenvalue weighted by Crippen LogP contribution is 2.31. The Kier molecular flexibility index (Phi) is 5.94. The Morgan fingerprint density at radius 1 is 1.03 bits per heavy atom. The van der Waals surface area contributed by atoms with Crippen LogP contribution < -0.4 is 9.47 Å². The quantitative estimate of drug-likeness (QED) is 0.328. The number of nitrogens with zero attached hydrogens (tertiary/aromatic N) is 7. The predicted octanol–water partition coefficient (Wildman–Crippen LogP) is 4.30. The number of fused-ring (bicyclic) bond motifs is 1. The van der Waals surface area contributed by atoms with Crippen molar-refractivity contribution in [3.8, 4) is 23.3 Å². The Morgan fingerprint density at radius 3 is 2.63 bits per heavy atom. The van der Waals surface area contributed by atoms with Crippen LogP contribution in [0.3, 0.4) is 0 Å². The molecule has 5 rings (SSSR count). The van der Waals surface area contributed by atoms with E-state index in [4.69, 9.17) is 14.0 Å². The molecule has 180 valence electrons. The van der Waals surface area contributed by atoms with Crippen molar-refractivity contribution in [2.24, 2.45) is 0 Å². The third-order valence-electron chi connectivity index (χ3n) is 5.51. The van der Waals surface area contributed by atoms with Crippen LogP contribution in [0.4, 0.5) is 0 Å². The van der Waals surface area contributed by atoms with Gasteiger partial charge in [0.05, 0.1) is 12.7 Å². The van der Waals surface area contributed by atoms with E-state index in [2.05, 4.69) is 62.9 Å². The zero-order valence-electron chi connectivity index (χ0n) is 20.2. The minimum Gasteiger partial charge on any atom is -0.468 e. The lowest BCUT2D eigenvalue weighted by Gasteiger charge is -2.20. The van der Waals surface area contributed by atoms with Crippen LogP contribution in [0.15, 0.2) is 59.4 Å². The molecule has 0 saturated carbocycles. The van der Waals surface area contributed by atoms with Gasteiger partial charge in [0, 0.05) is 30.6 Å². The van der Waals surface area contributed by atoms with E-state index >= 15 is 0 Å². The fourth-order valence-electron chi connectivity index (χ4n) is 3.76. The summed E-state index contributed by atoms with van der Waals surface area (Å²) >= 11 is 0. The molecule has 0 N–H and O–H groups in total. The topological polar surface area (TPSA) is 105 Å². The maximum atomic E-state index is 6.14. The number of rotatable bonds is 8. The average Bonchev–Trinajstić information content (AvgIpc) is 3.57. The van der Waals surface area contributed by atoms with E-state index < -0.39 is 0 Å². The number of hydrogen-bond acceptors (Lipinski definition) is 8. The molecule has 1 aromatic carbocycles. The summed E-state index contributed by atoms with van der Waals surface area (Å²) in [6.07, 6.45) is 3.72. The number of hydrogen-bond donors (Lipinski definition) is 0. The van der Waals surface area contributed by atoms with E-state index in [-0.39, 0.29) is 12.0 Å². The lowest BCUT2D eigenvalue weighted by atomic mass is 9.88.